The van der Waals surface area contributed by atoms with Crippen LogP contribution in [0.15, 0.2) is 151 Å². The molecular weight excluding hydrogens is 591 g/mol. The first-order valence-electron chi connectivity index (χ1n) is 14.0. The number of aromatic nitrogens is 3. The van der Waals surface area contributed by atoms with Gasteiger partial charge in [-0.2, -0.15) is 0 Å². The number of fused-ring (bicyclic) bond motifs is 1. The molecule has 1 radical (unpaired) electrons. The summed E-state index contributed by atoms with van der Waals surface area (Å²) in [7, 11) is 0. The molecule has 0 N–H and O–H groups in total. The molecular formula is C38H25N4Se. The minimum atomic E-state index is 0.633. The van der Waals surface area contributed by atoms with E-state index in [2.05, 4.69) is 82.7 Å². The molecule has 0 atom stereocenters. The fourth-order valence-corrected chi connectivity index (χ4v) is 5.63. The second kappa shape index (κ2) is 11.9. The summed E-state index contributed by atoms with van der Waals surface area (Å²) in [5, 5.41) is 2.22. The van der Waals surface area contributed by atoms with Gasteiger partial charge >= 0.3 is 199 Å². The molecule has 0 bridgehead atoms. The van der Waals surface area contributed by atoms with Crippen LogP contribution >= 0.6 is 0 Å². The van der Waals surface area contributed by atoms with Crippen molar-refractivity contribution in [2.75, 3.05) is 0 Å². The molecule has 0 aliphatic heterocycles. The van der Waals surface area contributed by atoms with Gasteiger partial charge in [-0.1, -0.05) is 60.7 Å². The van der Waals surface area contributed by atoms with E-state index in [1.807, 2.05) is 85.1 Å². The normalized spacial score (nSPS) is 11.3. The zero-order chi connectivity index (χ0) is 29.0. The van der Waals surface area contributed by atoms with Crippen LogP contribution in [0.3, 0.4) is 0 Å². The quantitative estimate of drug-likeness (QED) is 0.140. The third-order valence-electron chi connectivity index (χ3n) is 7.27. The third kappa shape index (κ3) is 5.64. The summed E-state index contributed by atoms with van der Waals surface area (Å²) in [5.74, 6) is 1.92. The van der Waals surface area contributed by atoms with Crippen molar-refractivity contribution in [1.82, 2.24) is 15.0 Å². The summed E-state index contributed by atoms with van der Waals surface area (Å²) >= 11 is 3.19. The van der Waals surface area contributed by atoms with Crippen molar-refractivity contribution in [3.63, 3.8) is 0 Å². The molecule has 0 saturated carbocycles. The fourth-order valence-electron chi connectivity index (χ4n) is 5.15. The molecule has 0 spiro atoms. The molecule has 1 heterocycles. The second-order valence-corrected chi connectivity index (χ2v) is 11.0. The average Bonchev–Trinajstić information content (AvgIpc) is 3.08. The van der Waals surface area contributed by atoms with E-state index in [0.29, 0.717) is 17.5 Å². The summed E-state index contributed by atoms with van der Waals surface area (Å²) < 4.78 is 1.01. The molecule has 1 aromatic heterocycles. The Morgan fingerprint density at radius 2 is 1.00 bits per heavy atom. The summed E-state index contributed by atoms with van der Waals surface area (Å²) in [6.07, 6.45) is 1.92. The Labute approximate surface area is 258 Å². The molecule has 7 aromatic rings. The van der Waals surface area contributed by atoms with Gasteiger partial charge in [-0.3, -0.25) is 0 Å². The maximum absolute atomic E-state index is 4.93. The van der Waals surface area contributed by atoms with Crippen molar-refractivity contribution in [3.05, 3.63) is 151 Å². The van der Waals surface area contributed by atoms with Crippen LogP contribution in [-0.4, -0.2) is 37.2 Å². The number of aliphatic imine (C=N–C) groups is 1. The van der Waals surface area contributed by atoms with Crippen molar-refractivity contribution >= 4 is 43.1 Å². The molecule has 0 fully saturated rings. The van der Waals surface area contributed by atoms with Crippen LogP contribution in [0.4, 0.5) is 5.69 Å². The first kappa shape index (κ1) is 26.7. The summed E-state index contributed by atoms with van der Waals surface area (Å²) in [6, 6.07) is 49.3. The van der Waals surface area contributed by atoms with E-state index in [1.165, 1.54) is 0 Å². The fraction of sp³-hybridized carbons (Fsp3) is 0. The summed E-state index contributed by atoms with van der Waals surface area (Å²) in [6.45, 7) is 0. The Balaban J connectivity index is 1.34. The molecule has 4 nitrogen and oxygen atoms in total. The summed E-state index contributed by atoms with van der Waals surface area (Å²) in [5.41, 5.74) is 7.01. The third-order valence-corrected chi connectivity index (χ3v) is 7.96. The number of nitrogens with zero attached hydrogens (tertiary/aromatic N) is 4. The molecule has 0 unspecified atom stereocenters. The van der Waals surface area contributed by atoms with E-state index < -0.39 is 0 Å². The van der Waals surface area contributed by atoms with Crippen LogP contribution in [-0.2, 0) is 0 Å². The molecule has 7 rings (SSSR count). The molecule has 203 valence electrons. The Morgan fingerprint density at radius 1 is 0.465 bits per heavy atom. The Morgan fingerprint density at radius 3 is 1.65 bits per heavy atom. The molecule has 43 heavy (non-hydrogen) atoms. The van der Waals surface area contributed by atoms with Gasteiger partial charge in [0.25, 0.3) is 0 Å². The molecule has 6 aromatic carbocycles. The molecule has 0 aliphatic rings. The standard InChI is InChI=1S/C38H25N4Se/c43-34-23-22-32-31(20-11-21-33(32)35(34)39-25-26-12-4-1-5-13-26)29-18-10-19-30(24-29)38-41-36(27-14-6-2-7-15-27)40-37(42-38)28-16-8-3-9-17-28/h1-25H. The predicted octanol–water partition coefficient (Wildman–Crippen LogP) is 8.24. The van der Waals surface area contributed by atoms with Crippen molar-refractivity contribution < 1.29 is 0 Å². The second-order valence-electron chi connectivity index (χ2n) is 10.1. The van der Waals surface area contributed by atoms with E-state index in [9.17, 15) is 0 Å². The van der Waals surface area contributed by atoms with Gasteiger partial charge in [0.05, 0.1) is 0 Å². The first-order valence-corrected chi connectivity index (χ1v) is 14.9. The monoisotopic (exact) mass is 617 g/mol. The Bertz CT molecular complexity index is 2020. The van der Waals surface area contributed by atoms with Crippen LogP contribution < -0.4 is 4.46 Å². The maximum atomic E-state index is 4.93. The summed E-state index contributed by atoms with van der Waals surface area (Å²) in [4.78, 5) is 19.6. The zero-order valence-corrected chi connectivity index (χ0v) is 24.8. The Hall–Kier alpha value is -5.22. The van der Waals surface area contributed by atoms with Crippen molar-refractivity contribution in [2.45, 2.75) is 0 Å². The number of hydrogen-bond donors (Lipinski definition) is 0. The van der Waals surface area contributed by atoms with Gasteiger partial charge in [-0.05, 0) is 0 Å². The number of rotatable bonds is 6. The van der Waals surface area contributed by atoms with E-state index >= 15 is 0 Å². The van der Waals surface area contributed by atoms with Gasteiger partial charge in [0, 0.05) is 0 Å². The van der Waals surface area contributed by atoms with Gasteiger partial charge in [0.15, 0.2) is 0 Å². The van der Waals surface area contributed by atoms with Crippen molar-refractivity contribution in [1.29, 1.82) is 0 Å². The van der Waals surface area contributed by atoms with Crippen LogP contribution in [0.2, 0.25) is 0 Å². The number of hydrogen-bond acceptors (Lipinski definition) is 4. The van der Waals surface area contributed by atoms with Crippen molar-refractivity contribution in [3.8, 4) is 45.3 Å². The van der Waals surface area contributed by atoms with Gasteiger partial charge in [0.2, 0.25) is 0 Å². The molecule has 0 amide bonds. The van der Waals surface area contributed by atoms with E-state index in [0.717, 1.165) is 54.3 Å². The van der Waals surface area contributed by atoms with E-state index in [1.54, 1.807) is 0 Å². The predicted molar refractivity (Wildman–Crippen MR) is 178 cm³/mol. The van der Waals surface area contributed by atoms with E-state index in [4.69, 9.17) is 19.9 Å². The average molecular weight is 617 g/mol. The minimum absolute atomic E-state index is 0.633. The van der Waals surface area contributed by atoms with Crippen LogP contribution in [0, 0.1) is 0 Å². The number of benzene rings is 6. The van der Waals surface area contributed by atoms with E-state index in [-0.39, 0.29) is 0 Å². The van der Waals surface area contributed by atoms with Crippen molar-refractivity contribution in [2.24, 2.45) is 4.99 Å². The molecule has 0 aliphatic carbocycles. The van der Waals surface area contributed by atoms with Gasteiger partial charge in [0.1, 0.15) is 0 Å². The van der Waals surface area contributed by atoms with Crippen LogP contribution in [0.25, 0.3) is 56.1 Å². The van der Waals surface area contributed by atoms with Gasteiger partial charge < -0.3 is 0 Å². The van der Waals surface area contributed by atoms with Gasteiger partial charge in [-0.15, -0.1) is 0 Å². The Kier molecular flexibility index (Phi) is 7.41. The van der Waals surface area contributed by atoms with Crippen LogP contribution in [0.1, 0.15) is 5.56 Å². The molecule has 0 saturated heterocycles. The topological polar surface area (TPSA) is 51.0 Å². The van der Waals surface area contributed by atoms with Gasteiger partial charge in [-0.25, -0.2) is 0 Å². The molecule has 5 heteroatoms. The van der Waals surface area contributed by atoms with Crippen LogP contribution in [0.5, 0.6) is 0 Å². The SMILES string of the molecule is [Se]c1ccc2c(-c3cccc(-c4nc(-c5ccccc5)nc(-c5ccccc5)n4)c3)cccc2c1N=Cc1ccccc1. The first-order chi connectivity index (χ1) is 21.2. The zero-order valence-electron chi connectivity index (χ0n) is 23.1.